The summed E-state index contributed by atoms with van der Waals surface area (Å²) >= 11 is 0. The number of amides is 2. The van der Waals surface area contributed by atoms with Gasteiger partial charge in [-0.2, -0.15) is 0 Å². The Kier molecular flexibility index (Phi) is 4.37. The van der Waals surface area contributed by atoms with E-state index in [1.165, 1.54) is 0 Å². The molecule has 0 aromatic heterocycles. The van der Waals surface area contributed by atoms with Crippen molar-refractivity contribution in [2.45, 2.75) is 58.0 Å². The molecule has 0 radical (unpaired) electrons. The quantitative estimate of drug-likeness (QED) is 0.790. The van der Waals surface area contributed by atoms with Gasteiger partial charge in [-0.3, -0.25) is 0 Å². The second-order valence-electron chi connectivity index (χ2n) is 5.20. The van der Waals surface area contributed by atoms with Crippen LogP contribution in [0, 0.1) is 0 Å². The molecule has 1 rings (SSSR count). The second kappa shape index (κ2) is 5.38. The number of likely N-dealkylation sites (tertiary alicyclic amines) is 1. The van der Waals surface area contributed by atoms with Gasteiger partial charge in [0.1, 0.15) is 6.04 Å². The van der Waals surface area contributed by atoms with Gasteiger partial charge in [0.15, 0.2) is 0 Å². The summed E-state index contributed by atoms with van der Waals surface area (Å²) in [7, 11) is 0. The number of hydrogen-bond acceptors (Lipinski definition) is 2. The molecule has 0 bridgehead atoms. The van der Waals surface area contributed by atoms with Crippen molar-refractivity contribution in [1.29, 1.82) is 0 Å². The van der Waals surface area contributed by atoms with Gasteiger partial charge in [0.2, 0.25) is 0 Å². The fraction of sp³-hybridized carbons (Fsp3) is 0.833. The standard InChI is InChI=1S/C12H22N2O3/c1-4-6-9(10(15)16)13-11(17)14-8-5-7-12(14,2)3/h9H,4-8H2,1-3H3,(H,13,17)(H,15,16)/t9-/m0/s1. The molecule has 1 heterocycles. The molecule has 1 atom stereocenters. The Labute approximate surface area is 102 Å². The molecule has 0 aromatic carbocycles. The number of carbonyl (C=O) groups excluding carboxylic acids is 1. The molecule has 5 heteroatoms. The van der Waals surface area contributed by atoms with Crippen LogP contribution < -0.4 is 5.32 Å². The summed E-state index contributed by atoms with van der Waals surface area (Å²) < 4.78 is 0. The molecule has 1 fully saturated rings. The van der Waals surface area contributed by atoms with Gasteiger partial charge >= 0.3 is 12.0 Å². The molecule has 0 saturated carbocycles. The average molecular weight is 242 g/mol. The Hall–Kier alpha value is -1.26. The monoisotopic (exact) mass is 242 g/mol. The zero-order chi connectivity index (χ0) is 13.1. The largest absolute Gasteiger partial charge is 0.480 e. The highest BCUT2D eigenvalue weighted by Crippen LogP contribution is 2.28. The first kappa shape index (κ1) is 13.8. The second-order valence-corrected chi connectivity index (χ2v) is 5.20. The fourth-order valence-electron chi connectivity index (χ4n) is 2.26. The van der Waals surface area contributed by atoms with Crippen LogP contribution in [-0.4, -0.2) is 40.1 Å². The molecule has 1 aliphatic heterocycles. The first-order valence-electron chi connectivity index (χ1n) is 6.19. The SMILES string of the molecule is CCC[C@H](NC(=O)N1CCCC1(C)C)C(=O)O. The topological polar surface area (TPSA) is 69.6 Å². The van der Waals surface area contributed by atoms with Gasteiger partial charge < -0.3 is 15.3 Å². The van der Waals surface area contributed by atoms with Crippen molar-refractivity contribution >= 4 is 12.0 Å². The van der Waals surface area contributed by atoms with E-state index in [4.69, 9.17) is 5.11 Å². The van der Waals surface area contributed by atoms with Gasteiger partial charge in [-0.25, -0.2) is 9.59 Å². The summed E-state index contributed by atoms with van der Waals surface area (Å²) in [5, 5.41) is 11.6. The van der Waals surface area contributed by atoms with Gasteiger partial charge in [-0.05, 0) is 33.1 Å². The number of nitrogens with zero attached hydrogens (tertiary/aromatic N) is 1. The van der Waals surface area contributed by atoms with E-state index < -0.39 is 12.0 Å². The van der Waals surface area contributed by atoms with E-state index >= 15 is 0 Å². The maximum atomic E-state index is 12.0. The van der Waals surface area contributed by atoms with Crippen LogP contribution in [0.15, 0.2) is 0 Å². The number of hydrogen-bond donors (Lipinski definition) is 2. The average Bonchev–Trinajstić information content (AvgIpc) is 2.57. The third kappa shape index (κ3) is 3.35. The minimum Gasteiger partial charge on any atom is -0.480 e. The zero-order valence-corrected chi connectivity index (χ0v) is 10.8. The Morgan fingerprint density at radius 2 is 2.12 bits per heavy atom. The molecule has 5 nitrogen and oxygen atoms in total. The lowest BCUT2D eigenvalue weighted by Crippen LogP contribution is -2.52. The van der Waals surface area contributed by atoms with Crippen molar-refractivity contribution < 1.29 is 14.7 Å². The van der Waals surface area contributed by atoms with E-state index in [1.54, 1.807) is 4.90 Å². The predicted molar refractivity (Wildman–Crippen MR) is 64.9 cm³/mol. The molecule has 2 amide bonds. The lowest BCUT2D eigenvalue weighted by atomic mass is 10.0. The highest BCUT2D eigenvalue weighted by Gasteiger charge is 2.36. The molecule has 0 aromatic rings. The molecular formula is C12H22N2O3. The Morgan fingerprint density at radius 1 is 1.47 bits per heavy atom. The molecule has 1 aliphatic rings. The van der Waals surface area contributed by atoms with Crippen molar-refractivity contribution in [3.8, 4) is 0 Å². The van der Waals surface area contributed by atoms with Crippen LogP contribution in [0.25, 0.3) is 0 Å². The highest BCUT2D eigenvalue weighted by molar-refractivity contribution is 5.83. The van der Waals surface area contributed by atoms with Crippen LogP contribution in [0.4, 0.5) is 4.79 Å². The minimum atomic E-state index is -0.961. The Bertz CT molecular complexity index is 302. The number of rotatable bonds is 4. The van der Waals surface area contributed by atoms with Crippen molar-refractivity contribution in [2.24, 2.45) is 0 Å². The van der Waals surface area contributed by atoms with Gasteiger partial charge in [0.25, 0.3) is 0 Å². The number of carboxylic acids is 1. The van der Waals surface area contributed by atoms with Crippen LogP contribution in [0.2, 0.25) is 0 Å². The summed E-state index contributed by atoms with van der Waals surface area (Å²) in [6.07, 6.45) is 3.15. The van der Waals surface area contributed by atoms with Crippen LogP contribution in [0.3, 0.4) is 0 Å². The maximum absolute atomic E-state index is 12.0. The fourth-order valence-corrected chi connectivity index (χ4v) is 2.26. The summed E-state index contributed by atoms with van der Waals surface area (Å²) in [5.74, 6) is -0.961. The van der Waals surface area contributed by atoms with Crippen LogP contribution in [0.5, 0.6) is 0 Å². The van der Waals surface area contributed by atoms with E-state index in [0.29, 0.717) is 13.0 Å². The molecule has 2 N–H and O–H groups in total. The van der Waals surface area contributed by atoms with Crippen molar-refractivity contribution in [2.75, 3.05) is 6.54 Å². The van der Waals surface area contributed by atoms with E-state index in [2.05, 4.69) is 5.32 Å². The van der Waals surface area contributed by atoms with Gasteiger partial charge in [0, 0.05) is 12.1 Å². The number of carboxylic acid groups (broad SMARTS) is 1. The van der Waals surface area contributed by atoms with E-state index in [9.17, 15) is 9.59 Å². The number of nitrogens with one attached hydrogen (secondary N) is 1. The molecule has 17 heavy (non-hydrogen) atoms. The summed E-state index contributed by atoms with van der Waals surface area (Å²) in [6.45, 7) is 6.63. The molecule has 0 unspecified atom stereocenters. The maximum Gasteiger partial charge on any atom is 0.326 e. The number of carbonyl (C=O) groups is 2. The van der Waals surface area contributed by atoms with Crippen LogP contribution >= 0.6 is 0 Å². The third-order valence-electron chi connectivity index (χ3n) is 3.32. The van der Waals surface area contributed by atoms with E-state index in [1.807, 2.05) is 20.8 Å². The van der Waals surface area contributed by atoms with E-state index in [-0.39, 0.29) is 11.6 Å². The summed E-state index contributed by atoms with van der Waals surface area (Å²) in [4.78, 5) is 24.7. The summed E-state index contributed by atoms with van der Waals surface area (Å²) in [5.41, 5.74) is -0.167. The van der Waals surface area contributed by atoms with Crippen LogP contribution in [-0.2, 0) is 4.79 Å². The van der Waals surface area contributed by atoms with Crippen molar-refractivity contribution in [1.82, 2.24) is 10.2 Å². The van der Waals surface area contributed by atoms with E-state index in [0.717, 1.165) is 19.3 Å². The van der Waals surface area contributed by atoms with Gasteiger partial charge in [-0.1, -0.05) is 13.3 Å². The first-order valence-corrected chi connectivity index (χ1v) is 6.19. The zero-order valence-electron chi connectivity index (χ0n) is 10.8. The normalized spacial score (nSPS) is 20.1. The smallest absolute Gasteiger partial charge is 0.326 e. The number of urea groups is 1. The Balaban J connectivity index is 2.61. The summed E-state index contributed by atoms with van der Waals surface area (Å²) in [6, 6.07) is -1.03. The molecule has 0 spiro atoms. The van der Waals surface area contributed by atoms with Crippen molar-refractivity contribution in [3.63, 3.8) is 0 Å². The molecule has 0 aliphatic carbocycles. The predicted octanol–water partition coefficient (Wildman–Crippen LogP) is 1.82. The number of aliphatic carboxylic acids is 1. The Morgan fingerprint density at radius 3 is 2.53 bits per heavy atom. The first-order chi connectivity index (χ1) is 7.88. The van der Waals surface area contributed by atoms with Gasteiger partial charge in [-0.15, -0.1) is 0 Å². The molecule has 98 valence electrons. The molecule has 1 saturated heterocycles. The van der Waals surface area contributed by atoms with Crippen LogP contribution in [0.1, 0.15) is 46.5 Å². The van der Waals surface area contributed by atoms with Crippen molar-refractivity contribution in [3.05, 3.63) is 0 Å². The minimum absolute atomic E-state index is 0.167. The lowest BCUT2D eigenvalue weighted by Gasteiger charge is -2.32. The highest BCUT2D eigenvalue weighted by atomic mass is 16.4. The lowest BCUT2D eigenvalue weighted by molar-refractivity contribution is -0.139. The molecular weight excluding hydrogens is 220 g/mol. The third-order valence-corrected chi connectivity index (χ3v) is 3.32. The van der Waals surface area contributed by atoms with Gasteiger partial charge in [0.05, 0.1) is 0 Å².